The Bertz CT molecular complexity index is 988. The molecule has 1 fully saturated rings. The van der Waals surface area contributed by atoms with Crippen LogP contribution in [0, 0.1) is 5.92 Å². The Labute approximate surface area is 187 Å². The van der Waals surface area contributed by atoms with Crippen molar-refractivity contribution in [2.45, 2.75) is 39.7 Å². The van der Waals surface area contributed by atoms with Crippen molar-refractivity contribution < 1.29 is 23.9 Å². The Morgan fingerprint density at radius 1 is 1.09 bits per heavy atom. The zero-order valence-electron chi connectivity index (χ0n) is 18.8. The first-order chi connectivity index (χ1) is 15.3. The molecule has 0 saturated carbocycles. The topological polar surface area (TPSA) is 97.0 Å². The van der Waals surface area contributed by atoms with E-state index in [1.165, 1.54) is 12.7 Å². The number of anilines is 1. The molecule has 1 aliphatic heterocycles. The summed E-state index contributed by atoms with van der Waals surface area (Å²) in [6.45, 7) is 6.12. The molecule has 8 heteroatoms. The summed E-state index contributed by atoms with van der Waals surface area (Å²) in [5, 5.41) is 0. The summed E-state index contributed by atoms with van der Waals surface area (Å²) in [6, 6.07) is 12.5. The van der Waals surface area contributed by atoms with E-state index >= 15 is 0 Å². The minimum absolute atomic E-state index is 0.0406. The number of hydrogen-bond donors (Lipinski definition) is 2. The summed E-state index contributed by atoms with van der Waals surface area (Å²) in [6.07, 6.45) is 0.964. The number of nitrogens with zero attached hydrogens (tertiary/aromatic N) is 1. The summed E-state index contributed by atoms with van der Waals surface area (Å²) in [5.41, 5.74) is 7.08. The van der Waals surface area contributed by atoms with Gasteiger partial charge < -0.3 is 14.4 Å². The van der Waals surface area contributed by atoms with Gasteiger partial charge in [0.1, 0.15) is 0 Å². The van der Waals surface area contributed by atoms with Gasteiger partial charge in [-0.05, 0) is 56.2 Å². The van der Waals surface area contributed by atoms with Crippen molar-refractivity contribution in [3.63, 3.8) is 0 Å². The van der Waals surface area contributed by atoms with E-state index in [-0.39, 0.29) is 25.0 Å². The molecule has 0 radical (unpaired) electrons. The van der Waals surface area contributed by atoms with Gasteiger partial charge in [0.25, 0.3) is 5.91 Å². The zero-order valence-corrected chi connectivity index (χ0v) is 18.8. The van der Waals surface area contributed by atoms with Crippen LogP contribution in [-0.4, -0.2) is 37.5 Å². The van der Waals surface area contributed by atoms with Gasteiger partial charge in [0.15, 0.2) is 11.5 Å². The minimum atomic E-state index is -0.551. The third-order valence-electron chi connectivity index (χ3n) is 5.24. The molecular weight excluding hydrogens is 410 g/mol. The monoisotopic (exact) mass is 439 g/mol. The number of hydrogen-bond acceptors (Lipinski definition) is 5. The predicted octanol–water partition coefficient (Wildman–Crippen LogP) is 2.86. The van der Waals surface area contributed by atoms with E-state index in [0.717, 1.165) is 12.1 Å². The van der Waals surface area contributed by atoms with Crippen molar-refractivity contribution in [2.24, 2.45) is 5.92 Å². The molecule has 1 heterocycles. The zero-order chi connectivity index (χ0) is 23.3. The van der Waals surface area contributed by atoms with E-state index in [1.54, 1.807) is 23.1 Å². The first kappa shape index (κ1) is 23.1. The van der Waals surface area contributed by atoms with Crippen LogP contribution >= 0.6 is 0 Å². The minimum Gasteiger partial charge on any atom is -0.493 e. The van der Waals surface area contributed by atoms with E-state index in [1.807, 2.05) is 38.1 Å². The van der Waals surface area contributed by atoms with E-state index < -0.39 is 17.7 Å². The molecule has 2 aromatic carbocycles. The maximum Gasteiger partial charge on any atom is 0.269 e. The van der Waals surface area contributed by atoms with Crippen molar-refractivity contribution in [3.05, 3.63) is 53.6 Å². The number of carbonyl (C=O) groups is 3. The number of amides is 3. The number of ether oxygens (including phenoxy) is 2. The summed E-state index contributed by atoms with van der Waals surface area (Å²) >= 11 is 0. The van der Waals surface area contributed by atoms with Gasteiger partial charge in [0.05, 0.1) is 19.1 Å². The standard InChI is InChI=1S/C24H29N3O5/c1-5-16-6-9-19(10-7-16)27-14-18(13-22(27)28)24(30)26-25-23(29)17-8-11-20(32-15(2)3)21(12-17)31-4/h6-12,15,18H,5,13-14H2,1-4H3,(H,25,29)(H,26,30). The lowest BCUT2D eigenvalue weighted by Gasteiger charge is -2.17. The Balaban J connectivity index is 1.58. The van der Waals surface area contributed by atoms with Crippen molar-refractivity contribution in [1.29, 1.82) is 0 Å². The van der Waals surface area contributed by atoms with Gasteiger partial charge in [0.2, 0.25) is 11.8 Å². The molecule has 3 amide bonds. The van der Waals surface area contributed by atoms with Crippen LogP contribution in [0.3, 0.4) is 0 Å². The molecule has 3 rings (SSSR count). The van der Waals surface area contributed by atoms with Gasteiger partial charge in [-0.15, -0.1) is 0 Å². The largest absolute Gasteiger partial charge is 0.493 e. The Hall–Kier alpha value is -3.55. The summed E-state index contributed by atoms with van der Waals surface area (Å²) in [5.74, 6) is -0.630. The molecule has 8 nitrogen and oxygen atoms in total. The fraction of sp³-hybridized carbons (Fsp3) is 0.375. The van der Waals surface area contributed by atoms with Crippen LogP contribution < -0.4 is 25.2 Å². The first-order valence-corrected chi connectivity index (χ1v) is 10.7. The predicted molar refractivity (Wildman–Crippen MR) is 121 cm³/mol. The lowest BCUT2D eigenvalue weighted by Crippen LogP contribution is -2.45. The Morgan fingerprint density at radius 2 is 1.81 bits per heavy atom. The van der Waals surface area contributed by atoms with Crippen molar-refractivity contribution in [3.8, 4) is 11.5 Å². The molecule has 0 bridgehead atoms. The number of hydrazine groups is 1. The third-order valence-corrected chi connectivity index (χ3v) is 5.24. The average Bonchev–Trinajstić information content (AvgIpc) is 3.18. The number of nitrogens with one attached hydrogen (secondary N) is 2. The number of rotatable bonds is 7. The van der Waals surface area contributed by atoms with Crippen LogP contribution in [-0.2, 0) is 16.0 Å². The van der Waals surface area contributed by atoms with Crippen LogP contribution in [0.4, 0.5) is 5.69 Å². The molecule has 0 aliphatic carbocycles. The van der Waals surface area contributed by atoms with Crippen LogP contribution in [0.25, 0.3) is 0 Å². The Kier molecular flexibility index (Phi) is 7.35. The van der Waals surface area contributed by atoms with Crippen molar-refractivity contribution >= 4 is 23.4 Å². The highest BCUT2D eigenvalue weighted by Gasteiger charge is 2.35. The smallest absolute Gasteiger partial charge is 0.269 e. The van der Waals surface area contributed by atoms with Crippen molar-refractivity contribution in [1.82, 2.24) is 10.9 Å². The second-order valence-electron chi connectivity index (χ2n) is 7.90. The quantitative estimate of drug-likeness (QED) is 0.647. The fourth-order valence-electron chi connectivity index (χ4n) is 3.50. The highest BCUT2D eigenvalue weighted by atomic mass is 16.5. The first-order valence-electron chi connectivity index (χ1n) is 10.7. The molecule has 2 N–H and O–H groups in total. The molecule has 0 aromatic heterocycles. The van der Waals surface area contributed by atoms with Gasteiger partial charge in [-0.1, -0.05) is 19.1 Å². The molecule has 1 unspecified atom stereocenters. The Morgan fingerprint density at radius 3 is 2.44 bits per heavy atom. The second-order valence-corrected chi connectivity index (χ2v) is 7.90. The van der Waals surface area contributed by atoms with Gasteiger partial charge in [-0.3, -0.25) is 25.2 Å². The van der Waals surface area contributed by atoms with E-state index in [4.69, 9.17) is 9.47 Å². The van der Waals surface area contributed by atoms with E-state index in [0.29, 0.717) is 17.1 Å². The average molecular weight is 440 g/mol. The third kappa shape index (κ3) is 5.38. The molecule has 1 aliphatic rings. The van der Waals surface area contributed by atoms with Gasteiger partial charge in [0, 0.05) is 24.2 Å². The van der Waals surface area contributed by atoms with Gasteiger partial charge in [-0.25, -0.2) is 0 Å². The fourth-order valence-corrected chi connectivity index (χ4v) is 3.50. The summed E-state index contributed by atoms with van der Waals surface area (Å²) in [7, 11) is 1.49. The number of methoxy groups -OCH3 is 1. The highest BCUT2D eigenvalue weighted by Crippen LogP contribution is 2.29. The van der Waals surface area contributed by atoms with Crippen LogP contribution in [0.15, 0.2) is 42.5 Å². The molecule has 32 heavy (non-hydrogen) atoms. The lowest BCUT2D eigenvalue weighted by atomic mass is 10.1. The second kappa shape index (κ2) is 10.2. The SMILES string of the molecule is CCc1ccc(N2CC(C(=O)NNC(=O)c3ccc(OC(C)C)c(OC)c3)CC2=O)cc1. The van der Waals surface area contributed by atoms with Crippen LogP contribution in [0.1, 0.15) is 43.1 Å². The molecule has 2 aromatic rings. The van der Waals surface area contributed by atoms with E-state index in [9.17, 15) is 14.4 Å². The molecule has 0 spiro atoms. The number of benzene rings is 2. The molecule has 170 valence electrons. The summed E-state index contributed by atoms with van der Waals surface area (Å²) in [4.78, 5) is 39.0. The summed E-state index contributed by atoms with van der Waals surface area (Å²) < 4.78 is 10.9. The maximum atomic E-state index is 12.6. The van der Waals surface area contributed by atoms with Crippen LogP contribution in [0.5, 0.6) is 11.5 Å². The van der Waals surface area contributed by atoms with Gasteiger partial charge in [-0.2, -0.15) is 0 Å². The lowest BCUT2D eigenvalue weighted by molar-refractivity contribution is -0.126. The van der Waals surface area contributed by atoms with Crippen LogP contribution in [0.2, 0.25) is 0 Å². The maximum absolute atomic E-state index is 12.6. The highest BCUT2D eigenvalue weighted by molar-refractivity contribution is 6.01. The molecule has 1 saturated heterocycles. The molecule has 1 atom stereocenters. The molecular formula is C24H29N3O5. The normalized spacial score (nSPS) is 15.6. The van der Waals surface area contributed by atoms with Crippen molar-refractivity contribution in [2.75, 3.05) is 18.6 Å². The number of carbonyl (C=O) groups excluding carboxylic acids is 3. The van der Waals surface area contributed by atoms with E-state index in [2.05, 4.69) is 17.8 Å². The van der Waals surface area contributed by atoms with Gasteiger partial charge >= 0.3 is 0 Å². The number of aryl methyl sites for hydroxylation is 1.